The van der Waals surface area contributed by atoms with Gasteiger partial charge in [-0.3, -0.25) is 4.79 Å². The van der Waals surface area contributed by atoms with Crippen LogP contribution in [0.15, 0.2) is 48.5 Å². The van der Waals surface area contributed by atoms with Gasteiger partial charge < -0.3 is 14.8 Å². The maximum absolute atomic E-state index is 12.6. The van der Waals surface area contributed by atoms with Crippen molar-refractivity contribution in [2.45, 2.75) is 13.3 Å². The second kappa shape index (κ2) is 6.65. The average molecular weight is 392 g/mol. The molecule has 1 amide bonds. The lowest BCUT2D eigenvalue weighted by molar-refractivity contribution is -0.115. The minimum atomic E-state index is -0.138. The number of fused-ring (bicyclic) bond motifs is 2. The molecular formula is C20H16N4O3S. The van der Waals surface area contributed by atoms with Gasteiger partial charge >= 0.3 is 0 Å². The van der Waals surface area contributed by atoms with Gasteiger partial charge in [0.15, 0.2) is 11.5 Å². The van der Waals surface area contributed by atoms with Crippen LogP contribution >= 0.6 is 11.3 Å². The van der Waals surface area contributed by atoms with Crippen molar-refractivity contribution in [2.24, 2.45) is 0 Å². The van der Waals surface area contributed by atoms with E-state index in [0.717, 1.165) is 21.5 Å². The molecule has 0 atom stereocenters. The van der Waals surface area contributed by atoms with E-state index in [1.807, 2.05) is 55.5 Å². The molecule has 28 heavy (non-hydrogen) atoms. The molecule has 0 radical (unpaired) electrons. The Kier molecular flexibility index (Phi) is 3.98. The van der Waals surface area contributed by atoms with E-state index in [0.29, 0.717) is 22.4 Å². The molecule has 1 N–H and O–H groups in total. The van der Waals surface area contributed by atoms with Gasteiger partial charge in [0.25, 0.3) is 0 Å². The van der Waals surface area contributed by atoms with Crippen molar-refractivity contribution in [2.75, 3.05) is 12.1 Å². The summed E-state index contributed by atoms with van der Waals surface area (Å²) in [6.07, 6.45) is 0.223. The number of hydrogen-bond donors (Lipinski definition) is 1. The smallest absolute Gasteiger partial charge is 0.231 e. The number of anilines is 1. The van der Waals surface area contributed by atoms with E-state index in [1.165, 1.54) is 11.3 Å². The Bertz CT molecular complexity index is 1160. The highest BCUT2D eigenvalue weighted by Crippen LogP contribution is 2.33. The number of para-hydroxylation sites is 1. The summed E-state index contributed by atoms with van der Waals surface area (Å²) < 4.78 is 13.4. The predicted octanol–water partition coefficient (Wildman–Crippen LogP) is 3.70. The fourth-order valence-electron chi connectivity index (χ4n) is 3.11. The quantitative estimate of drug-likeness (QED) is 0.573. The lowest BCUT2D eigenvalue weighted by Crippen LogP contribution is -2.17. The molecule has 8 heteroatoms. The minimum Gasteiger partial charge on any atom is -0.454 e. The zero-order chi connectivity index (χ0) is 19.1. The number of carbonyl (C=O) groups is 1. The number of hydrogen-bond acceptors (Lipinski definition) is 6. The van der Waals surface area contributed by atoms with Gasteiger partial charge in [0.05, 0.1) is 22.3 Å². The van der Waals surface area contributed by atoms with Gasteiger partial charge in [0.1, 0.15) is 5.82 Å². The molecule has 4 aromatic rings. The van der Waals surface area contributed by atoms with E-state index in [1.54, 1.807) is 4.68 Å². The molecule has 0 saturated carbocycles. The molecular weight excluding hydrogens is 376 g/mol. The van der Waals surface area contributed by atoms with Gasteiger partial charge in [-0.05, 0) is 36.8 Å². The fourth-order valence-corrected chi connectivity index (χ4v) is 4.04. The second-order valence-electron chi connectivity index (χ2n) is 6.46. The number of benzene rings is 2. The summed E-state index contributed by atoms with van der Waals surface area (Å²) in [4.78, 5) is 17.2. The molecule has 7 nitrogen and oxygen atoms in total. The van der Waals surface area contributed by atoms with Crippen LogP contribution in [0.5, 0.6) is 11.5 Å². The third-order valence-electron chi connectivity index (χ3n) is 4.36. The SMILES string of the molecule is Cc1cc(NC(=O)Cc2ccc3c(c2)OCO3)n(-c2nc3ccccc3s2)n1. The summed E-state index contributed by atoms with van der Waals surface area (Å²) in [5.74, 6) is 1.83. The Labute approximate surface area is 164 Å². The van der Waals surface area contributed by atoms with E-state index < -0.39 is 0 Å². The third kappa shape index (κ3) is 3.07. The highest BCUT2D eigenvalue weighted by Gasteiger charge is 2.17. The Morgan fingerprint density at radius 2 is 2.04 bits per heavy atom. The van der Waals surface area contributed by atoms with Gasteiger partial charge in [-0.1, -0.05) is 29.5 Å². The van der Waals surface area contributed by atoms with E-state index in [4.69, 9.17) is 9.47 Å². The Morgan fingerprint density at radius 3 is 2.93 bits per heavy atom. The van der Waals surface area contributed by atoms with Crippen LogP contribution in [0.1, 0.15) is 11.3 Å². The summed E-state index contributed by atoms with van der Waals surface area (Å²) >= 11 is 1.53. The van der Waals surface area contributed by atoms with Crippen LogP contribution in [0, 0.1) is 6.92 Å². The van der Waals surface area contributed by atoms with Crippen molar-refractivity contribution >= 4 is 33.3 Å². The number of carbonyl (C=O) groups excluding carboxylic acids is 1. The summed E-state index contributed by atoms with van der Waals surface area (Å²) in [6.45, 7) is 2.10. The lowest BCUT2D eigenvalue weighted by atomic mass is 10.1. The highest BCUT2D eigenvalue weighted by molar-refractivity contribution is 7.20. The van der Waals surface area contributed by atoms with E-state index >= 15 is 0 Å². The number of nitrogens with zero attached hydrogens (tertiary/aromatic N) is 3. The maximum atomic E-state index is 12.6. The Morgan fingerprint density at radius 1 is 1.18 bits per heavy atom. The monoisotopic (exact) mass is 392 g/mol. The number of amides is 1. The van der Waals surface area contributed by atoms with Crippen molar-refractivity contribution in [3.63, 3.8) is 0 Å². The topological polar surface area (TPSA) is 78.3 Å². The number of thiazole rings is 1. The molecule has 0 spiro atoms. The van der Waals surface area contributed by atoms with Crippen molar-refractivity contribution in [3.8, 4) is 16.6 Å². The molecule has 3 heterocycles. The zero-order valence-corrected chi connectivity index (χ0v) is 15.8. The van der Waals surface area contributed by atoms with Gasteiger partial charge in [0, 0.05) is 6.07 Å². The second-order valence-corrected chi connectivity index (χ2v) is 7.47. The fraction of sp³-hybridized carbons (Fsp3) is 0.150. The van der Waals surface area contributed by atoms with E-state index in [-0.39, 0.29) is 19.1 Å². The molecule has 2 aromatic heterocycles. The van der Waals surface area contributed by atoms with Gasteiger partial charge in [-0.25, -0.2) is 4.98 Å². The van der Waals surface area contributed by atoms with Crippen LogP contribution in [-0.2, 0) is 11.2 Å². The normalized spacial score (nSPS) is 12.5. The maximum Gasteiger partial charge on any atom is 0.231 e. The first kappa shape index (κ1) is 16.8. The number of rotatable bonds is 4. The first-order valence-corrected chi connectivity index (χ1v) is 9.58. The summed E-state index contributed by atoms with van der Waals surface area (Å²) in [5, 5.41) is 8.16. The van der Waals surface area contributed by atoms with E-state index in [9.17, 15) is 4.79 Å². The Hall–Kier alpha value is -3.39. The third-order valence-corrected chi connectivity index (χ3v) is 5.38. The van der Waals surface area contributed by atoms with Crippen LogP contribution in [0.2, 0.25) is 0 Å². The lowest BCUT2D eigenvalue weighted by Gasteiger charge is -2.07. The molecule has 0 bridgehead atoms. The summed E-state index contributed by atoms with van der Waals surface area (Å²) in [6, 6.07) is 15.3. The first-order chi connectivity index (χ1) is 13.7. The summed E-state index contributed by atoms with van der Waals surface area (Å²) in [7, 11) is 0. The van der Waals surface area contributed by atoms with E-state index in [2.05, 4.69) is 15.4 Å². The molecule has 0 fully saturated rings. The van der Waals surface area contributed by atoms with Crippen molar-refractivity contribution in [1.29, 1.82) is 0 Å². The minimum absolute atomic E-state index is 0.138. The molecule has 0 saturated heterocycles. The van der Waals surface area contributed by atoms with Crippen LogP contribution in [0.25, 0.3) is 15.3 Å². The first-order valence-electron chi connectivity index (χ1n) is 8.77. The largest absolute Gasteiger partial charge is 0.454 e. The Balaban J connectivity index is 1.38. The van der Waals surface area contributed by atoms with Crippen LogP contribution in [-0.4, -0.2) is 27.5 Å². The van der Waals surface area contributed by atoms with Crippen molar-refractivity contribution in [3.05, 3.63) is 59.8 Å². The molecule has 0 unspecified atom stereocenters. The number of aryl methyl sites for hydroxylation is 1. The molecule has 140 valence electrons. The van der Waals surface area contributed by atoms with Crippen LogP contribution < -0.4 is 14.8 Å². The zero-order valence-electron chi connectivity index (χ0n) is 15.0. The van der Waals surface area contributed by atoms with Gasteiger partial charge in [0.2, 0.25) is 17.8 Å². The van der Waals surface area contributed by atoms with Gasteiger partial charge in [-0.2, -0.15) is 9.78 Å². The molecule has 5 rings (SSSR count). The highest BCUT2D eigenvalue weighted by atomic mass is 32.1. The predicted molar refractivity (Wildman–Crippen MR) is 106 cm³/mol. The molecule has 1 aliphatic rings. The van der Waals surface area contributed by atoms with Crippen LogP contribution in [0.4, 0.5) is 5.82 Å². The standard InChI is InChI=1S/C20H16N4O3S/c1-12-8-18(24(23-12)20-21-14-4-2-3-5-17(14)28-20)22-19(25)10-13-6-7-15-16(9-13)27-11-26-15/h2-9H,10-11H2,1H3,(H,22,25). The number of nitrogens with one attached hydrogen (secondary N) is 1. The van der Waals surface area contributed by atoms with Crippen molar-refractivity contribution in [1.82, 2.24) is 14.8 Å². The molecule has 1 aliphatic heterocycles. The van der Waals surface area contributed by atoms with Crippen molar-refractivity contribution < 1.29 is 14.3 Å². The number of ether oxygens (including phenoxy) is 2. The molecule has 0 aliphatic carbocycles. The van der Waals surface area contributed by atoms with Crippen LogP contribution in [0.3, 0.4) is 0 Å². The summed E-state index contributed by atoms with van der Waals surface area (Å²) in [5.41, 5.74) is 2.57. The average Bonchev–Trinajstić information content (AvgIpc) is 3.38. The van der Waals surface area contributed by atoms with Gasteiger partial charge in [-0.15, -0.1) is 0 Å². The number of aromatic nitrogens is 3. The molecule has 2 aromatic carbocycles.